The summed E-state index contributed by atoms with van der Waals surface area (Å²) in [4.78, 5) is 23.9. The number of rotatable bonds is 4. The van der Waals surface area contributed by atoms with E-state index in [0.717, 1.165) is 5.56 Å². The van der Waals surface area contributed by atoms with Crippen LogP contribution in [-0.4, -0.2) is 28.3 Å². The van der Waals surface area contributed by atoms with Gasteiger partial charge in [0.2, 0.25) is 0 Å². The lowest BCUT2D eigenvalue weighted by atomic mass is 9.88. The summed E-state index contributed by atoms with van der Waals surface area (Å²) in [5, 5.41) is 12.3. The van der Waals surface area contributed by atoms with Gasteiger partial charge in [-0.2, -0.15) is 0 Å². The minimum atomic E-state index is -1.30. The molecule has 0 aliphatic heterocycles. The molecular formula is C17H23NO4. The first-order valence-corrected chi connectivity index (χ1v) is 7.47. The van der Waals surface area contributed by atoms with Crippen molar-refractivity contribution in [2.45, 2.75) is 57.1 Å². The molecule has 22 heavy (non-hydrogen) atoms. The Hall–Kier alpha value is -2.04. The average Bonchev–Trinajstić information content (AvgIpc) is 3.08. The number of carboxylic acid groups (broad SMARTS) is 1. The number of hydrogen-bond acceptors (Lipinski definition) is 3. The summed E-state index contributed by atoms with van der Waals surface area (Å²) >= 11 is 0. The van der Waals surface area contributed by atoms with Gasteiger partial charge in [0.1, 0.15) is 5.60 Å². The van der Waals surface area contributed by atoms with Gasteiger partial charge >= 0.3 is 12.1 Å². The first-order valence-electron chi connectivity index (χ1n) is 7.47. The molecule has 5 heteroatoms. The minimum absolute atomic E-state index is 0.370. The largest absolute Gasteiger partial charge is 0.479 e. The molecule has 1 aromatic carbocycles. The Labute approximate surface area is 130 Å². The van der Waals surface area contributed by atoms with Crippen molar-refractivity contribution in [2.75, 3.05) is 0 Å². The quantitative estimate of drug-likeness (QED) is 0.896. The van der Waals surface area contributed by atoms with Crippen LogP contribution in [-0.2, 0) is 14.9 Å². The summed E-state index contributed by atoms with van der Waals surface area (Å²) in [5.74, 6) is -1.02. The Balaban J connectivity index is 2.29. The molecule has 2 rings (SSSR count). The number of alkyl carbamates (subject to hydrolysis) is 1. The molecular weight excluding hydrogens is 282 g/mol. The maximum absolute atomic E-state index is 12.1. The summed E-state index contributed by atoms with van der Waals surface area (Å²) in [6.07, 6.45) is 0.301. The number of carboxylic acids is 1. The Morgan fingerprint density at radius 3 is 2.32 bits per heavy atom. The van der Waals surface area contributed by atoms with E-state index in [2.05, 4.69) is 5.32 Å². The number of hydrogen-bond donors (Lipinski definition) is 2. The number of carbonyl (C=O) groups is 2. The van der Waals surface area contributed by atoms with Crippen molar-refractivity contribution in [1.29, 1.82) is 0 Å². The number of aliphatic carboxylic acids is 1. The zero-order valence-corrected chi connectivity index (χ0v) is 13.5. The molecule has 0 spiro atoms. The second-order valence-electron chi connectivity index (χ2n) is 6.82. The van der Waals surface area contributed by atoms with Gasteiger partial charge in [-0.25, -0.2) is 9.59 Å². The number of ether oxygens (including phenoxy) is 1. The third-order valence-corrected chi connectivity index (χ3v) is 4.27. The molecule has 0 heterocycles. The van der Waals surface area contributed by atoms with Crippen LogP contribution in [0.2, 0.25) is 0 Å². The molecule has 0 aromatic heterocycles. The van der Waals surface area contributed by atoms with Crippen LogP contribution in [0, 0.1) is 0 Å². The summed E-state index contributed by atoms with van der Waals surface area (Å²) in [6, 6.07) is 9.46. The normalized spacial score (nSPS) is 27.1. The van der Waals surface area contributed by atoms with E-state index >= 15 is 0 Å². The molecule has 2 atom stereocenters. The fourth-order valence-corrected chi connectivity index (χ4v) is 3.12. The van der Waals surface area contributed by atoms with Crippen molar-refractivity contribution in [2.24, 2.45) is 0 Å². The standard InChI is InChI=1S/C17H23NO4/c1-5-16(12-9-7-6-8-10-12)11-17(16,13(19)20)18-14(21)22-15(2,3)4/h6-10H,5,11H2,1-4H3,(H,18,21)(H,19,20). The van der Waals surface area contributed by atoms with E-state index in [-0.39, 0.29) is 0 Å². The second kappa shape index (κ2) is 5.30. The minimum Gasteiger partial charge on any atom is -0.479 e. The van der Waals surface area contributed by atoms with Crippen LogP contribution in [0.5, 0.6) is 0 Å². The third-order valence-electron chi connectivity index (χ3n) is 4.27. The maximum atomic E-state index is 12.1. The Bertz CT molecular complexity index is 578. The van der Waals surface area contributed by atoms with Crippen molar-refractivity contribution < 1.29 is 19.4 Å². The highest BCUT2D eigenvalue weighted by molar-refractivity contribution is 5.91. The number of nitrogens with one attached hydrogen (secondary N) is 1. The van der Waals surface area contributed by atoms with E-state index in [0.29, 0.717) is 12.8 Å². The summed E-state index contributed by atoms with van der Waals surface area (Å²) < 4.78 is 5.22. The zero-order valence-electron chi connectivity index (χ0n) is 13.5. The molecule has 1 fully saturated rings. The summed E-state index contributed by atoms with van der Waals surface area (Å²) in [5.41, 5.74) is -1.63. The Morgan fingerprint density at radius 1 is 1.27 bits per heavy atom. The molecule has 0 bridgehead atoms. The lowest BCUT2D eigenvalue weighted by Crippen LogP contribution is -2.50. The zero-order chi connectivity index (χ0) is 16.6. The lowest BCUT2D eigenvalue weighted by molar-refractivity contribution is -0.141. The molecule has 1 aromatic rings. The third kappa shape index (κ3) is 2.67. The van der Waals surface area contributed by atoms with Crippen LogP contribution in [0.4, 0.5) is 4.79 Å². The highest BCUT2D eigenvalue weighted by Crippen LogP contribution is 2.60. The monoisotopic (exact) mass is 305 g/mol. The van der Waals surface area contributed by atoms with Gasteiger partial charge in [0.15, 0.2) is 5.54 Å². The van der Waals surface area contributed by atoms with Gasteiger partial charge in [-0.05, 0) is 39.2 Å². The van der Waals surface area contributed by atoms with Crippen LogP contribution in [0.3, 0.4) is 0 Å². The number of carbonyl (C=O) groups excluding carboxylic acids is 1. The van der Waals surface area contributed by atoms with Crippen LogP contribution in [0.25, 0.3) is 0 Å². The van der Waals surface area contributed by atoms with Gasteiger partial charge in [0, 0.05) is 5.41 Å². The molecule has 2 N–H and O–H groups in total. The van der Waals surface area contributed by atoms with Crippen molar-refractivity contribution in [3.8, 4) is 0 Å². The molecule has 120 valence electrons. The highest BCUT2D eigenvalue weighted by Gasteiger charge is 2.73. The summed E-state index contributed by atoms with van der Waals surface area (Å²) in [7, 11) is 0. The van der Waals surface area contributed by atoms with Crippen molar-refractivity contribution >= 4 is 12.1 Å². The molecule has 5 nitrogen and oxygen atoms in total. The van der Waals surface area contributed by atoms with Crippen molar-refractivity contribution in [3.05, 3.63) is 35.9 Å². The van der Waals surface area contributed by atoms with Crippen LogP contribution in [0.15, 0.2) is 30.3 Å². The van der Waals surface area contributed by atoms with Crippen LogP contribution < -0.4 is 5.32 Å². The SMILES string of the molecule is CCC1(c2ccccc2)CC1(NC(=O)OC(C)(C)C)C(=O)O. The van der Waals surface area contributed by atoms with Gasteiger partial charge in [-0.3, -0.25) is 0 Å². The van der Waals surface area contributed by atoms with Gasteiger partial charge < -0.3 is 15.2 Å². The number of amides is 1. The van der Waals surface area contributed by atoms with E-state index in [9.17, 15) is 14.7 Å². The first kappa shape index (κ1) is 16.3. The summed E-state index contributed by atoms with van der Waals surface area (Å²) in [6.45, 7) is 7.18. The lowest BCUT2D eigenvalue weighted by Gasteiger charge is -2.26. The molecule has 0 saturated heterocycles. The van der Waals surface area contributed by atoms with E-state index in [1.54, 1.807) is 20.8 Å². The van der Waals surface area contributed by atoms with E-state index in [4.69, 9.17) is 4.74 Å². The molecule has 0 radical (unpaired) electrons. The van der Waals surface area contributed by atoms with Crippen molar-refractivity contribution in [3.63, 3.8) is 0 Å². The van der Waals surface area contributed by atoms with Gasteiger partial charge in [-0.15, -0.1) is 0 Å². The van der Waals surface area contributed by atoms with Crippen LogP contribution >= 0.6 is 0 Å². The average molecular weight is 305 g/mol. The predicted molar refractivity (Wildman–Crippen MR) is 82.8 cm³/mol. The van der Waals surface area contributed by atoms with E-state index < -0.39 is 28.6 Å². The van der Waals surface area contributed by atoms with Gasteiger partial charge in [0.05, 0.1) is 0 Å². The molecule has 2 unspecified atom stereocenters. The van der Waals surface area contributed by atoms with E-state index in [1.165, 1.54) is 0 Å². The fourth-order valence-electron chi connectivity index (χ4n) is 3.12. The van der Waals surface area contributed by atoms with Gasteiger partial charge in [0.25, 0.3) is 0 Å². The predicted octanol–water partition coefficient (Wildman–Crippen LogP) is 3.09. The molecule has 1 amide bonds. The van der Waals surface area contributed by atoms with Crippen molar-refractivity contribution in [1.82, 2.24) is 5.32 Å². The Morgan fingerprint density at radius 2 is 1.86 bits per heavy atom. The van der Waals surface area contributed by atoms with Crippen LogP contribution in [0.1, 0.15) is 46.1 Å². The molecule has 1 aliphatic rings. The Kier molecular flexibility index (Phi) is 3.94. The smallest absolute Gasteiger partial charge is 0.408 e. The molecule has 1 saturated carbocycles. The topological polar surface area (TPSA) is 75.6 Å². The van der Waals surface area contributed by atoms with E-state index in [1.807, 2.05) is 37.3 Å². The fraction of sp³-hybridized carbons (Fsp3) is 0.529. The molecule has 1 aliphatic carbocycles. The number of benzene rings is 1. The highest BCUT2D eigenvalue weighted by atomic mass is 16.6. The second-order valence-corrected chi connectivity index (χ2v) is 6.82. The van der Waals surface area contributed by atoms with Gasteiger partial charge in [-0.1, -0.05) is 37.3 Å². The maximum Gasteiger partial charge on any atom is 0.408 e. The first-order chi connectivity index (χ1) is 10.2.